The van der Waals surface area contributed by atoms with Crippen molar-refractivity contribution < 1.29 is 18.0 Å². The number of likely N-dealkylation sites (tertiary alicyclic amines) is 1. The summed E-state index contributed by atoms with van der Waals surface area (Å²) in [7, 11) is -3.21. The van der Waals surface area contributed by atoms with Crippen LogP contribution in [0.3, 0.4) is 0 Å². The Balaban J connectivity index is 1.33. The largest absolute Gasteiger partial charge is 0.340 e. The van der Waals surface area contributed by atoms with E-state index in [4.69, 9.17) is 0 Å². The summed E-state index contributed by atoms with van der Waals surface area (Å²) < 4.78 is 24.7. The van der Waals surface area contributed by atoms with Gasteiger partial charge in [-0.05, 0) is 35.7 Å². The van der Waals surface area contributed by atoms with Crippen LogP contribution in [0.5, 0.6) is 0 Å². The van der Waals surface area contributed by atoms with Crippen LogP contribution in [-0.4, -0.2) is 79.9 Å². The standard InChI is InChI=1S/C22H27N3O4S/c1-30(28,29)25-14-12-24(13-15-25)21(26)18-8-10-23(11-9-18)22(27)20-7-6-17-4-2-3-5-19(17)16-20/h2-7,16,18H,8-15H2,1H3. The summed E-state index contributed by atoms with van der Waals surface area (Å²) in [5.74, 6) is -0.00943. The van der Waals surface area contributed by atoms with Crippen molar-refractivity contribution in [2.45, 2.75) is 12.8 Å². The molecule has 0 bridgehead atoms. The van der Waals surface area contributed by atoms with Gasteiger partial charge in [-0.1, -0.05) is 30.3 Å². The summed E-state index contributed by atoms with van der Waals surface area (Å²) in [5, 5.41) is 2.15. The van der Waals surface area contributed by atoms with Gasteiger partial charge in [-0.25, -0.2) is 8.42 Å². The highest BCUT2D eigenvalue weighted by atomic mass is 32.2. The van der Waals surface area contributed by atoms with E-state index in [1.807, 2.05) is 47.4 Å². The molecule has 0 spiro atoms. The molecule has 0 radical (unpaired) electrons. The molecular formula is C22H27N3O4S. The summed E-state index contributed by atoms with van der Waals surface area (Å²) in [6.45, 7) is 2.69. The highest BCUT2D eigenvalue weighted by Gasteiger charge is 2.33. The minimum absolute atomic E-state index is 0.00780. The van der Waals surface area contributed by atoms with E-state index in [0.717, 1.165) is 10.8 Å². The maximum Gasteiger partial charge on any atom is 0.253 e. The molecule has 8 heteroatoms. The van der Waals surface area contributed by atoms with Crippen LogP contribution in [0.2, 0.25) is 0 Å². The molecule has 0 atom stereocenters. The van der Waals surface area contributed by atoms with Gasteiger partial charge in [-0.15, -0.1) is 0 Å². The van der Waals surface area contributed by atoms with Gasteiger partial charge in [0.15, 0.2) is 0 Å². The van der Waals surface area contributed by atoms with Crippen molar-refractivity contribution >= 4 is 32.6 Å². The molecule has 0 aliphatic carbocycles. The first-order valence-electron chi connectivity index (χ1n) is 10.3. The number of amides is 2. The SMILES string of the molecule is CS(=O)(=O)N1CCN(C(=O)C2CCN(C(=O)c3ccc4ccccc4c3)CC2)CC1. The van der Waals surface area contributed by atoms with Crippen LogP contribution in [0.4, 0.5) is 0 Å². The molecule has 2 aromatic rings. The fraction of sp³-hybridized carbons (Fsp3) is 0.455. The topological polar surface area (TPSA) is 78.0 Å². The van der Waals surface area contributed by atoms with Crippen molar-refractivity contribution in [2.24, 2.45) is 5.92 Å². The van der Waals surface area contributed by atoms with Crippen LogP contribution in [0, 0.1) is 5.92 Å². The number of nitrogens with zero attached hydrogens (tertiary/aromatic N) is 3. The highest BCUT2D eigenvalue weighted by Crippen LogP contribution is 2.23. The molecule has 30 heavy (non-hydrogen) atoms. The smallest absolute Gasteiger partial charge is 0.253 e. The second kappa shape index (κ2) is 8.35. The second-order valence-corrected chi connectivity index (χ2v) is 10.1. The maximum absolute atomic E-state index is 12.9. The van der Waals surface area contributed by atoms with Gasteiger partial charge >= 0.3 is 0 Å². The first-order chi connectivity index (χ1) is 14.3. The van der Waals surface area contributed by atoms with Gasteiger partial charge in [0.2, 0.25) is 15.9 Å². The van der Waals surface area contributed by atoms with Crippen molar-refractivity contribution in [2.75, 3.05) is 45.5 Å². The lowest BCUT2D eigenvalue weighted by Crippen LogP contribution is -2.52. The van der Waals surface area contributed by atoms with Crippen LogP contribution in [0.25, 0.3) is 10.8 Å². The van der Waals surface area contributed by atoms with Crippen molar-refractivity contribution in [1.29, 1.82) is 0 Å². The van der Waals surface area contributed by atoms with Crippen LogP contribution in [0.15, 0.2) is 42.5 Å². The van der Waals surface area contributed by atoms with Gasteiger partial charge in [-0.2, -0.15) is 4.31 Å². The molecule has 2 aromatic carbocycles. The normalized spacial score (nSPS) is 19.2. The number of benzene rings is 2. The quantitative estimate of drug-likeness (QED) is 0.745. The first kappa shape index (κ1) is 20.8. The Morgan fingerprint density at radius 1 is 0.833 bits per heavy atom. The van der Waals surface area contributed by atoms with Gasteiger partial charge < -0.3 is 9.80 Å². The van der Waals surface area contributed by atoms with E-state index in [0.29, 0.717) is 57.7 Å². The van der Waals surface area contributed by atoms with Gasteiger partial charge in [-0.3, -0.25) is 9.59 Å². The molecule has 0 N–H and O–H groups in total. The summed E-state index contributed by atoms with van der Waals surface area (Å²) in [6, 6.07) is 13.7. The Morgan fingerprint density at radius 2 is 1.47 bits per heavy atom. The zero-order valence-corrected chi connectivity index (χ0v) is 18.0. The van der Waals surface area contributed by atoms with Crippen LogP contribution in [-0.2, 0) is 14.8 Å². The van der Waals surface area contributed by atoms with Crippen LogP contribution in [0.1, 0.15) is 23.2 Å². The van der Waals surface area contributed by atoms with Gasteiger partial charge in [0.25, 0.3) is 5.91 Å². The van der Waals surface area contributed by atoms with Crippen molar-refractivity contribution in [3.8, 4) is 0 Å². The molecule has 2 aliphatic rings. The van der Waals surface area contributed by atoms with Crippen molar-refractivity contribution in [3.05, 3.63) is 48.0 Å². The molecule has 0 aromatic heterocycles. The monoisotopic (exact) mass is 429 g/mol. The first-order valence-corrected chi connectivity index (χ1v) is 12.2. The predicted molar refractivity (Wildman–Crippen MR) is 116 cm³/mol. The molecule has 160 valence electrons. The Labute approximate surface area is 177 Å². The molecule has 7 nitrogen and oxygen atoms in total. The number of hydrogen-bond acceptors (Lipinski definition) is 4. The minimum atomic E-state index is -3.21. The summed E-state index contributed by atoms with van der Waals surface area (Å²) in [6.07, 6.45) is 2.49. The van der Waals surface area contributed by atoms with E-state index in [9.17, 15) is 18.0 Å². The molecule has 0 unspecified atom stereocenters. The number of fused-ring (bicyclic) bond motifs is 1. The number of hydrogen-bond donors (Lipinski definition) is 0. The molecular weight excluding hydrogens is 402 g/mol. The van der Waals surface area contributed by atoms with E-state index in [-0.39, 0.29) is 17.7 Å². The molecule has 2 saturated heterocycles. The fourth-order valence-corrected chi connectivity index (χ4v) is 5.16. The summed E-state index contributed by atoms with van der Waals surface area (Å²) in [4.78, 5) is 29.4. The lowest BCUT2D eigenvalue weighted by molar-refractivity contribution is -0.138. The lowest BCUT2D eigenvalue weighted by atomic mass is 9.94. The van der Waals surface area contributed by atoms with Crippen LogP contribution >= 0.6 is 0 Å². The average Bonchev–Trinajstić information content (AvgIpc) is 2.77. The zero-order valence-electron chi connectivity index (χ0n) is 17.2. The molecule has 0 saturated carbocycles. The van der Waals surface area contributed by atoms with Gasteiger partial charge in [0.05, 0.1) is 6.26 Å². The number of rotatable bonds is 3. The third-order valence-electron chi connectivity index (χ3n) is 6.15. The van der Waals surface area contributed by atoms with Crippen LogP contribution < -0.4 is 0 Å². The van der Waals surface area contributed by atoms with E-state index in [1.165, 1.54) is 10.6 Å². The average molecular weight is 430 g/mol. The number of carbonyl (C=O) groups is 2. The number of piperidine rings is 1. The van der Waals surface area contributed by atoms with Gasteiger partial charge in [0, 0.05) is 50.7 Å². The van der Waals surface area contributed by atoms with E-state index in [1.54, 1.807) is 4.90 Å². The zero-order chi connectivity index (χ0) is 21.3. The Kier molecular flexibility index (Phi) is 5.79. The maximum atomic E-state index is 12.9. The molecule has 2 aliphatic heterocycles. The molecule has 2 heterocycles. The predicted octanol–water partition coefficient (Wildman–Crippen LogP) is 1.80. The summed E-state index contributed by atoms with van der Waals surface area (Å²) >= 11 is 0. The van der Waals surface area contributed by atoms with Crippen molar-refractivity contribution in [1.82, 2.24) is 14.1 Å². The Morgan fingerprint density at radius 3 is 2.10 bits per heavy atom. The molecule has 2 amide bonds. The highest BCUT2D eigenvalue weighted by molar-refractivity contribution is 7.88. The Bertz CT molecular complexity index is 1050. The molecule has 4 rings (SSSR count). The fourth-order valence-electron chi connectivity index (χ4n) is 4.33. The van der Waals surface area contributed by atoms with Gasteiger partial charge in [0.1, 0.15) is 0 Å². The summed E-state index contributed by atoms with van der Waals surface area (Å²) in [5.41, 5.74) is 0.676. The van der Waals surface area contributed by atoms with E-state index >= 15 is 0 Å². The number of piperazine rings is 1. The van der Waals surface area contributed by atoms with Crippen molar-refractivity contribution in [3.63, 3.8) is 0 Å². The second-order valence-electron chi connectivity index (χ2n) is 8.12. The third-order valence-corrected chi connectivity index (χ3v) is 7.45. The molecule has 2 fully saturated rings. The minimum Gasteiger partial charge on any atom is -0.340 e. The van der Waals surface area contributed by atoms with E-state index < -0.39 is 10.0 Å². The Hall–Kier alpha value is -2.45. The third kappa shape index (κ3) is 4.34. The van der Waals surface area contributed by atoms with E-state index in [2.05, 4.69) is 0 Å². The lowest BCUT2D eigenvalue weighted by Gasteiger charge is -2.37. The number of sulfonamides is 1. The number of carbonyl (C=O) groups excluding carboxylic acids is 2.